The third-order valence-electron chi connectivity index (χ3n) is 5.35. The molecule has 1 unspecified atom stereocenters. The SMILES string of the molecule is CCc1cc(Nc2ncc(F)c(-c3cnc4ccccn34)n2)cc(OC2CCNC2)c1. The number of benzene rings is 1. The van der Waals surface area contributed by atoms with Gasteiger partial charge in [-0.15, -0.1) is 0 Å². The molecule has 4 heterocycles. The third kappa shape index (κ3) is 4.06. The first-order valence-corrected chi connectivity index (χ1v) is 10.4. The lowest BCUT2D eigenvalue weighted by Crippen LogP contribution is -2.19. The Kier molecular flexibility index (Phi) is 5.21. The Morgan fingerprint density at radius 3 is 3.00 bits per heavy atom. The first-order chi connectivity index (χ1) is 15.2. The number of aromatic nitrogens is 4. The van der Waals surface area contributed by atoms with Crippen molar-refractivity contribution in [2.75, 3.05) is 18.4 Å². The van der Waals surface area contributed by atoms with Crippen molar-refractivity contribution in [3.8, 4) is 17.1 Å². The van der Waals surface area contributed by atoms with E-state index in [0.717, 1.165) is 48.6 Å². The van der Waals surface area contributed by atoms with Gasteiger partial charge in [0.2, 0.25) is 5.95 Å². The molecule has 0 spiro atoms. The van der Waals surface area contributed by atoms with Crippen LogP contribution in [0.3, 0.4) is 0 Å². The summed E-state index contributed by atoms with van der Waals surface area (Å²) in [5, 5.41) is 6.52. The maximum Gasteiger partial charge on any atom is 0.227 e. The molecule has 1 fully saturated rings. The number of fused-ring (bicyclic) bond motifs is 1. The molecule has 1 aliphatic rings. The van der Waals surface area contributed by atoms with Crippen molar-refractivity contribution in [2.45, 2.75) is 25.9 Å². The monoisotopic (exact) mass is 418 g/mol. The molecule has 8 heteroatoms. The number of hydrogen-bond donors (Lipinski definition) is 2. The van der Waals surface area contributed by atoms with E-state index >= 15 is 0 Å². The van der Waals surface area contributed by atoms with Crippen LogP contribution in [0.4, 0.5) is 16.0 Å². The molecule has 0 radical (unpaired) electrons. The van der Waals surface area contributed by atoms with Gasteiger partial charge in [0.25, 0.3) is 0 Å². The zero-order valence-electron chi connectivity index (χ0n) is 17.2. The van der Waals surface area contributed by atoms with E-state index in [0.29, 0.717) is 11.6 Å². The lowest BCUT2D eigenvalue weighted by atomic mass is 10.1. The van der Waals surface area contributed by atoms with Gasteiger partial charge in [-0.2, -0.15) is 0 Å². The van der Waals surface area contributed by atoms with Crippen LogP contribution >= 0.6 is 0 Å². The summed E-state index contributed by atoms with van der Waals surface area (Å²) in [7, 11) is 0. The second kappa shape index (κ2) is 8.31. The molecule has 1 saturated heterocycles. The van der Waals surface area contributed by atoms with E-state index in [4.69, 9.17) is 4.74 Å². The maximum atomic E-state index is 14.6. The first-order valence-electron chi connectivity index (χ1n) is 10.4. The third-order valence-corrected chi connectivity index (χ3v) is 5.35. The molecule has 0 bridgehead atoms. The molecule has 158 valence electrons. The van der Waals surface area contributed by atoms with Gasteiger partial charge in [0.15, 0.2) is 5.82 Å². The van der Waals surface area contributed by atoms with Gasteiger partial charge >= 0.3 is 0 Å². The molecule has 1 aromatic carbocycles. The van der Waals surface area contributed by atoms with Crippen molar-refractivity contribution < 1.29 is 9.13 Å². The van der Waals surface area contributed by atoms with E-state index in [1.165, 1.54) is 6.20 Å². The Morgan fingerprint density at radius 2 is 2.16 bits per heavy atom. The average molecular weight is 418 g/mol. The molecule has 1 aliphatic heterocycles. The Morgan fingerprint density at radius 1 is 1.23 bits per heavy atom. The van der Waals surface area contributed by atoms with Gasteiger partial charge in [0.1, 0.15) is 23.2 Å². The number of imidazole rings is 1. The summed E-state index contributed by atoms with van der Waals surface area (Å²) in [4.78, 5) is 12.9. The average Bonchev–Trinajstić information content (AvgIpc) is 3.45. The van der Waals surface area contributed by atoms with E-state index in [9.17, 15) is 4.39 Å². The predicted octanol–water partition coefficient (Wildman–Crippen LogP) is 3.98. The summed E-state index contributed by atoms with van der Waals surface area (Å²) in [5.41, 5.74) is 3.42. The van der Waals surface area contributed by atoms with Crippen LogP contribution in [0.15, 0.2) is 55.0 Å². The van der Waals surface area contributed by atoms with Crippen LogP contribution in [0, 0.1) is 5.82 Å². The van der Waals surface area contributed by atoms with Gasteiger partial charge in [0, 0.05) is 24.5 Å². The number of ether oxygens (including phenoxy) is 1. The minimum absolute atomic E-state index is 0.170. The summed E-state index contributed by atoms with van der Waals surface area (Å²) in [6.45, 7) is 3.92. The fourth-order valence-electron chi connectivity index (χ4n) is 3.77. The quantitative estimate of drug-likeness (QED) is 0.493. The van der Waals surface area contributed by atoms with E-state index in [-0.39, 0.29) is 11.8 Å². The molecular formula is C23H23FN6O. The van der Waals surface area contributed by atoms with E-state index < -0.39 is 5.82 Å². The van der Waals surface area contributed by atoms with Crippen LogP contribution in [0.2, 0.25) is 0 Å². The topological polar surface area (TPSA) is 76.4 Å². The second-order valence-corrected chi connectivity index (χ2v) is 7.54. The normalized spacial score (nSPS) is 16.0. The molecule has 0 saturated carbocycles. The largest absolute Gasteiger partial charge is 0.489 e. The number of anilines is 2. The van der Waals surface area contributed by atoms with Crippen LogP contribution in [0.5, 0.6) is 5.75 Å². The van der Waals surface area contributed by atoms with Crippen LogP contribution in [0.1, 0.15) is 18.9 Å². The molecule has 0 amide bonds. The van der Waals surface area contributed by atoms with Crippen molar-refractivity contribution in [1.82, 2.24) is 24.7 Å². The molecule has 5 rings (SSSR count). The van der Waals surface area contributed by atoms with Crippen molar-refractivity contribution in [3.05, 3.63) is 66.4 Å². The highest BCUT2D eigenvalue weighted by atomic mass is 19.1. The molecule has 1 atom stereocenters. The Labute approximate surface area is 179 Å². The van der Waals surface area contributed by atoms with E-state index in [1.54, 1.807) is 10.6 Å². The molecule has 7 nitrogen and oxygen atoms in total. The Balaban J connectivity index is 1.45. The fourth-order valence-corrected chi connectivity index (χ4v) is 3.77. The molecule has 4 aromatic rings. The van der Waals surface area contributed by atoms with Crippen LogP contribution in [0.25, 0.3) is 17.0 Å². The molecule has 0 aliphatic carbocycles. The molecule has 2 N–H and O–H groups in total. The van der Waals surface area contributed by atoms with Gasteiger partial charge < -0.3 is 15.4 Å². The highest BCUT2D eigenvalue weighted by molar-refractivity contribution is 5.64. The van der Waals surface area contributed by atoms with Gasteiger partial charge in [-0.05, 0) is 49.2 Å². The van der Waals surface area contributed by atoms with Crippen molar-refractivity contribution >= 4 is 17.3 Å². The summed E-state index contributed by atoms with van der Waals surface area (Å²) in [6, 6.07) is 11.6. The summed E-state index contributed by atoms with van der Waals surface area (Å²) in [6.07, 6.45) is 6.65. The van der Waals surface area contributed by atoms with Crippen LogP contribution in [-0.4, -0.2) is 38.5 Å². The zero-order valence-corrected chi connectivity index (χ0v) is 17.2. The summed E-state index contributed by atoms with van der Waals surface area (Å²) < 4.78 is 22.5. The number of rotatable bonds is 6. The van der Waals surface area contributed by atoms with Crippen molar-refractivity contribution in [3.63, 3.8) is 0 Å². The Bertz CT molecular complexity index is 1220. The number of nitrogens with one attached hydrogen (secondary N) is 2. The Hall–Kier alpha value is -3.52. The van der Waals surface area contributed by atoms with Gasteiger partial charge in [-0.1, -0.05) is 13.0 Å². The maximum absolute atomic E-state index is 14.6. The highest BCUT2D eigenvalue weighted by Crippen LogP contribution is 2.27. The van der Waals surface area contributed by atoms with Crippen molar-refractivity contribution in [2.24, 2.45) is 0 Å². The predicted molar refractivity (Wildman–Crippen MR) is 117 cm³/mol. The van der Waals surface area contributed by atoms with Gasteiger partial charge in [0.05, 0.1) is 18.1 Å². The fraction of sp³-hybridized carbons (Fsp3) is 0.261. The first kappa shape index (κ1) is 19.4. The number of halogens is 1. The summed E-state index contributed by atoms with van der Waals surface area (Å²) in [5.74, 6) is 0.611. The number of aryl methyl sites for hydroxylation is 1. The van der Waals surface area contributed by atoms with Gasteiger partial charge in [-0.3, -0.25) is 4.40 Å². The van der Waals surface area contributed by atoms with Crippen molar-refractivity contribution in [1.29, 1.82) is 0 Å². The molecular weight excluding hydrogens is 395 g/mol. The van der Waals surface area contributed by atoms with Gasteiger partial charge in [-0.25, -0.2) is 19.3 Å². The number of pyridine rings is 1. The lowest BCUT2D eigenvalue weighted by molar-refractivity contribution is 0.223. The zero-order chi connectivity index (χ0) is 21.2. The van der Waals surface area contributed by atoms with Crippen LogP contribution < -0.4 is 15.4 Å². The minimum atomic E-state index is -0.503. The molecule has 3 aromatic heterocycles. The lowest BCUT2D eigenvalue weighted by Gasteiger charge is -2.15. The van der Waals surface area contributed by atoms with Crippen LogP contribution in [-0.2, 0) is 6.42 Å². The highest BCUT2D eigenvalue weighted by Gasteiger charge is 2.17. The smallest absolute Gasteiger partial charge is 0.227 e. The minimum Gasteiger partial charge on any atom is -0.489 e. The van der Waals surface area contributed by atoms with E-state index in [2.05, 4.69) is 38.6 Å². The second-order valence-electron chi connectivity index (χ2n) is 7.54. The van der Waals surface area contributed by atoms with E-state index in [1.807, 2.05) is 36.5 Å². The number of nitrogens with zero attached hydrogens (tertiary/aromatic N) is 4. The summed E-state index contributed by atoms with van der Waals surface area (Å²) >= 11 is 0. The molecule has 31 heavy (non-hydrogen) atoms. The standard InChI is InChI=1S/C23H23FN6O/c1-2-15-9-16(11-18(10-15)31-17-6-7-25-12-17)28-23-27-13-19(24)22(29-23)20-14-26-21-5-3-4-8-30(20)21/h3-5,8-11,13-14,17,25H,2,6-7,12H2,1H3,(H,27,28,29). The number of hydrogen-bond acceptors (Lipinski definition) is 6.